The Bertz CT molecular complexity index is 916. The van der Waals surface area contributed by atoms with E-state index in [1.54, 1.807) is 0 Å². The predicted molar refractivity (Wildman–Crippen MR) is 116 cm³/mol. The smallest absolute Gasteiger partial charge is 0.305 e. The second-order valence-corrected chi connectivity index (χ2v) is 10.1. The fraction of sp³-hybridized carbons (Fsp3) is 0.600. The molecule has 0 radical (unpaired) electrons. The van der Waals surface area contributed by atoms with E-state index >= 15 is 0 Å². The summed E-state index contributed by atoms with van der Waals surface area (Å²) in [5, 5.41) is 12.1. The zero-order chi connectivity index (χ0) is 23.1. The van der Waals surface area contributed by atoms with Crippen LogP contribution in [-0.2, 0) is 34.4 Å². The second-order valence-electron chi connectivity index (χ2n) is 7.75. The number of rotatable bonds is 13. The Labute approximate surface area is 187 Å². The van der Waals surface area contributed by atoms with Crippen molar-refractivity contribution in [2.75, 3.05) is 19.4 Å². The number of ether oxygens (including phenoxy) is 1. The molecular formula is C20H30NO8S2+. The van der Waals surface area contributed by atoms with Gasteiger partial charge in [-0.15, -0.1) is 4.33 Å². The van der Waals surface area contributed by atoms with E-state index in [2.05, 4.69) is 25.6 Å². The minimum atomic E-state index is -4.02. The van der Waals surface area contributed by atoms with Gasteiger partial charge in [0.15, 0.2) is 5.71 Å². The van der Waals surface area contributed by atoms with Crippen LogP contribution in [0.1, 0.15) is 57.9 Å². The maximum absolute atomic E-state index is 11.3. The number of esters is 1. The first-order valence-corrected chi connectivity index (χ1v) is 12.4. The summed E-state index contributed by atoms with van der Waals surface area (Å²) in [4.78, 5) is 12.1. The van der Waals surface area contributed by atoms with Crippen molar-refractivity contribution in [1.82, 2.24) is 0 Å². The van der Waals surface area contributed by atoms with Crippen molar-refractivity contribution in [1.29, 1.82) is 0 Å². The highest BCUT2D eigenvalue weighted by Gasteiger charge is 2.46. The molecule has 1 aromatic carbocycles. The number of hydrogen-bond donors (Lipinski definition) is 2. The van der Waals surface area contributed by atoms with Crippen LogP contribution in [0.5, 0.6) is 0 Å². The van der Waals surface area contributed by atoms with Gasteiger partial charge in [-0.1, -0.05) is 17.9 Å². The van der Waals surface area contributed by atoms with E-state index < -0.39 is 10.1 Å². The Morgan fingerprint density at radius 2 is 1.97 bits per heavy atom. The van der Waals surface area contributed by atoms with Crippen molar-refractivity contribution < 1.29 is 41.7 Å². The van der Waals surface area contributed by atoms with Gasteiger partial charge in [0.25, 0.3) is 10.1 Å². The summed E-state index contributed by atoms with van der Waals surface area (Å²) in [7, 11) is -2.63. The third kappa shape index (κ3) is 6.99. The first-order chi connectivity index (χ1) is 14.6. The first-order valence-electron chi connectivity index (χ1n) is 10.0. The standard InChI is InChI=1S/C20H29NO8S2/c1-15-20(2,11-6-4-5-8-19(22)27-3)17-14-16(30-29-28-23)9-10-18(17)21(15)12-7-13-31(24,25)26/h9-10,14H,4-8,11-13H2,1-3H3,(H-,23,24,25,26)/p+1. The predicted octanol–water partition coefficient (Wildman–Crippen LogP) is 3.89. The summed E-state index contributed by atoms with van der Waals surface area (Å²) in [5.41, 5.74) is 2.83. The van der Waals surface area contributed by atoms with Crippen LogP contribution in [0.4, 0.5) is 5.69 Å². The molecule has 0 aromatic heterocycles. The van der Waals surface area contributed by atoms with Gasteiger partial charge in [0.2, 0.25) is 5.69 Å². The number of nitrogens with zero attached hydrogens (tertiary/aromatic N) is 1. The van der Waals surface area contributed by atoms with Crippen molar-refractivity contribution in [3.63, 3.8) is 0 Å². The Morgan fingerprint density at radius 1 is 1.23 bits per heavy atom. The molecule has 0 aliphatic carbocycles. The summed E-state index contributed by atoms with van der Waals surface area (Å²) in [6.07, 6.45) is 4.07. The van der Waals surface area contributed by atoms with Crippen molar-refractivity contribution >= 4 is 39.5 Å². The number of carbonyl (C=O) groups is 1. The summed E-state index contributed by atoms with van der Waals surface area (Å²) >= 11 is 0.885. The third-order valence-corrected chi connectivity index (χ3v) is 7.17. The van der Waals surface area contributed by atoms with Gasteiger partial charge in [-0.25, -0.2) is 5.26 Å². The molecule has 0 amide bonds. The van der Waals surface area contributed by atoms with Crippen LogP contribution in [0.3, 0.4) is 0 Å². The second kappa shape index (κ2) is 11.4. The van der Waals surface area contributed by atoms with Gasteiger partial charge in [-0.05, 0) is 31.9 Å². The Hall–Kier alpha value is -1.50. The fourth-order valence-corrected chi connectivity index (χ4v) is 4.90. The first kappa shape index (κ1) is 25.8. The molecule has 174 valence electrons. The van der Waals surface area contributed by atoms with Crippen LogP contribution in [0.25, 0.3) is 0 Å². The number of fused-ring (bicyclic) bond motifs is 1. The molecule has 0 saturated carbocycles. The summed E-state index contributed by atoms with van der Waals surface area (Å²) in [6.45, 7) is 4.63. The zero-order valence-electron chi connectivity index (χ0n) is 18.0. The lowest BCUT2D eigenvalue weighted by molar-refractivity contribution is -0.438. The molecule has 0 spiro atoms. The van der Waals surface area contributed by atoms with Crippen LogP contribution in [0.2, 0.25) is 0 Å². The van der Waals surface area contributed by atoms with Crippen molar-refractivity contribution in [2.45, 2.75) is 62.7 Å². The van der Waals surface area contributed by atoms with E-state index in [0.717, 1.165) is 59.6 Å². The zero-order valence-corrected chi connectivity index (χ0v) is 19.6. The van der Waals surface area contributed by atoms with Gasteiger partial charge in [0.1, 0.15) is 6.54 Å². The molecule has 1 aromatic rings. The number of carbonyl (C=O) groups excluding carboxylic acids is 1. The van der Waals surface area contributed by atoms with Gasteiger partial charge in [-0.3, -0.25) is 9.35 Å². The molecule has 9 nitrogen and oxygen atoms in total. The quantitative estimate of drug-likeness (QED) is 0.0830. The van der Waals surface area contributed by atoms with E-state index in [1.807, 2.05) is 25.1 Å². The molecule has 1 aliphatic heterocycles. The average molecular weight is 477 g/mol. The topological polar surface area (TPSA) is 122 Å². The molecule has 0 fully saturated rings. The van der Waals surface area contributed by atoms with Crippen LogP contribution >= 0.6 is 12.0 Å². The molecule has 11 heteroatoms. The molecule has 2 rings (SSSR count). The number of hydrogen-bond acceptors (Lipinski definition) is 8. The maximum atomic E-state index is 11.3. The van der Waals surface area contributed by atoms with E-state index in [0.29, 0.717) is 19.4 Å². The number of methoxy groups -OCH3 is 1. The molecule has 1 heterocycles. The highest BCUT2D eigenvalue weighted by Crippen LogP contribution is 2.44. The van der Waals surface area contributed by atoms with E-state index in [1.165, 1.54) is 7.11 Å². The molecule has 1 aliphatic rings. The highest BCUT2D eigenvalue weighted by molar-refractivity contribution is 7.94. The fourth-order valence-electron chi connectivity index (χ4n) is 4.01. The molecule has 31 heavy (non-hydrogen) atoms. The lowest BCUT2D eigenvalue weighted by Gasteiger charge is -2.22. The van der Waals surface area contributed by atoms with Gasteiger partial charge in [0, 0.05) is 36.3 Å². The third-order valence-electron chi connectivity index (χ3n) is 5.79. The molecule has 0 saturated heterocycles. The van der Waals surface area contributed by atoms with Crippen molar-refractivity contribution in [3.05, 3.63) is 23.8 Å². The summed E-state index contributed by atoms with van der Waals surface area (Å²) < 4.78 is 42.6. The van der Waals surface area contributed by atoms with Gasteiger partial charge in [0.05, 0.1) is 30.3 Å². The SMILES string of the molecule is COC(=O)CCCCCC1(C)C(C)=[N+](CCCS(=O)(=O)O)c2ccc(SOOO)cc21. The molecule has 2 N–H and O–H groups in total. The number of benzene rings is 1. The van der Waals surface area contributed by atoms with Crippen molar-refractivity contribution in [3.8, 4) is 0 Å². The molecule has 0 bridgehead atoms. The lowest BCUT2D eigenvalue weighted by atomic mass is 9.76. The minimum Gasteiger partial charge on any atom is -0.469 e. The van der Waals surface area contributed by atoms with Crippen LogP contribution < -0.4 is 0 Å². The van der Waals surface area contributed by atoms with E-state index in [-0.39, 0.29) is 17.1 Å². The molecule has 1 atom stereocenters. The van der Waals surface area contributed by atoms with Crippen LogP contribution in [0, 0.1) is 0 Å². The number of unbranched alkanes of at least 4 members (excludes halogenated alkanes) is 2. The maximum Gasteiger partial charge on any atom is 0.305 e. The lowest BCUT2D eigenvalue weighted by Crippen LogP contribution is -2.30. The minimum absolute atomic E-state index is 0.210. The molecule has 1 unspecified atom stereocenters. The van der Waals surface area contributed by atoms with Gasteiger partial charge >= 0.3 is 5.97 Å². The van der Waals surface area contributed by atoms with Crippen LogP contribution in [0.15, 0.2) is 23.1 Å². The monoisotopic (exact) mass is 476 g/mol. The Morgan fingerprint density at radius 3 is 2.61 bits per heavy atom. The van der Waals surface area contributed by atoms with Crippen LogP contribution in [-0.4, -0.2) is 53.9 Å². The Kier molecular flexibility index (Phi) is 9.46. The van der Waals surface area contributed by atoms with Crippen molar-refractivity contribution in [2.24, 2.45) is 0 Å². The van der Waals surface area contributed by atoms with Gasteiger partial charge in [-0.2, -0.15) is 13.0 Å². The molecular weight excluding hydrogens is 446 g/mol. The normalized spacial score (nSPS) is 18.4. The average Bonchev–Trinajstić information content (AvgIpc) is 2.92. The largest absolute Gasteiger partial charge is 0.469 e. The summed E-state index contributed by atoms with van der Waals surface area (Å²) in [6, 6.07) is 5.73. The Balaban J connectivity index is 2.21. The van der Waals surface area contributed by atoms with Gasteiger partial charge < -0.3 is 4.74 Å². The highest BCUT2D eigenvalue weighted by atomic mass is 32.2. The summed E-state index contributed by atoms with van der Waals surface area (Å²) in [5.74, 6) is -0.510. The van der Waals surface area contributed by atoms with E-state index in [4.69, 9.17) is 9.81 Å². The van der Waals surface area contributed by atoms with E-state index in [9.17, 15) is 13.2 Å².